The number of nitrogens with one attached hydrogen (secondary N) is 1. The molecule has 0 atom stereocenters. The summed E-state index contributed by atoms with van der Waals surface area (Å²) >= 11 is 6.11. The lowest BCUT2D eigenvalue weighted by molar-refractivity contribution is -0.115. The predicted molar refractivity (Wildman–Crippen MR) is 70.1 cm³/mol. The van der Waals surface area contributed by atoms with Gasteiger partial charge >= 0.3 is 0 Å². The second-order valence-electron chi connectivity index (χ2n) is 3.67. The molecule has 0 fully saturated rings. The Morgan fingerprint density at radius 2 is 2.24 bits per heavy atom. The van der Waals surface area contributed by atoms with Gasteiger partial charge in [-0.25, -0.2) is 4.98 Å². The van der Waals surface area contributed by atoms with Gasteiger partial charge in [-0.1, -0.05) is 18.5 Å². The summed E-state index contributed by atoms with van der Waals surface area (Å²) < 4.78 is 0. The van der Waals surface area contributed by atoms with Crippen LogP contribution in [-0.4, -0.2) is 10.9 Å². The molecule has 0 bridgehead atoms. The molecule has 88 valence electrons. The lowest BCUT2D eigenvalue weighted by atomic mass is 10.2. The molecule has 4 nitrogen and oxygen atoms in total. The number of pyridine rings is 1. The highest BCUT2D eigenvalue weighted by molar-refractivity contribution is 6.35. The van der Waals surface area contributed by atoms with E-state index < -0.39 is 0 Å². The number of nitrogen functional groups attached to an aromatic ring is 1. The minimum atomic E-state index is -0.100. The number of rotatable bonds is 2. The smallest absolute Gasteiger partial charge is 0.225 e. The van der Waals surface area contributed by atoms with E-state index in [0.717, 1.165) is 5.39 Å². The molecule has 17 heavy (non-hydrogen) atoms. The van der Waals surface area contributed by atoms with Crippen molar-refractivity contribution in [3.63, 3.8) is 0 Å². The van der Waals surface area contributed by atoms with Crippen molar-refractivity contribution in [2.45, 2.75) is 13.3 Å². The number of carbonyl (C=O) groups excluding carboxylic acids is 1. The molecule has 0 spiro atoms. The fraction of sp³-hybridized carbons (Fsp3) is 0.167. The Balaban J connectivity index is 2.50. The van der Waals surface area contributed by atoms with E-state index in [1.54, 1.807) is 25.1 Å². The minimum absolute atomic E-state index is 0.100. The van der Waals surface area contributed by atoms with E-state index in [0.29, 0.717) is 28.5 Å². The molecule has 0 aliphatic carbocycles. The lowest BCUT2D eigenvalue weighted by Crippen LogP contribution is -2.10. The molecule has 0 unspecified atom stereocenters. The molecule has 1 heterocycles. The molecule has 1 amide bonds. The molecule has 5 heteroatoms. The molecule has 0 saturated heterocycles. The highest BCUT2D eigenvalue weighted by Crippen LogP contribution is 2.26. The Labute approximate surface area is 104 Å². The Hall–Kier alpha value is -1.81. The molecule has 3 N–H and O–H groups in total. The van der Waals surface area contributed by atoms with Gasteiger partial charge in [0.05, 0.1) is 10.5 Å². The molecule has 0 aliphatic rings. The SMILES string of the molecule is CCC(=O)Nc1cc(Cl)c2ccc(N)cc2n1. The number of halogens is 1. The summed E-state index contributed by atoms with van der Waals surface area (Å²) in [4.78, 5) is 15.6. The van der Waals surface area contributed by atoms with Crippen molar-refractivity contribution < 1.29 is 4.79 Å². The summed E-state index contributed by atoms with van der Waals surface area (Å²) in [6, 6.07) is 6.93. The first-order chi connectivity index (χ1) is 8.10. The third kappa shape index (κ3) is 2.47. The third-order valence-corrected chi connectivity index (χ3v) is 2.68. The van der Waals surface area contributed by atoms with Gasteiger partial charge in [-0.3, -0.25) is 4.79 Å². The van der Waals surface area contributed by atoms with Gasteiger partial charge in [-0.2, -0.15) is 0 Å². The predicted octanol–water partition coefficient (Wildman–Crippen LogP) is 2.82. The van der Waals surface area contributed by atoms with E-state index in [9.17, 15) is 4.79 Å². The molecule has 0 saturated carbocycles. The van der Waals surface area contributed by atoms with Crippen LogP contribution in [0.3, 0.4) is 0 Å². The normalized spacial score (nSPS) is 10.5. The van der Waals surface area contributed by atoms with Crippen LogP contribution >= 0.6 is 11.6 Å². The first kappa shape index (κ1) is 11.7. The van der Waals surface area contributed by atoms with Crippen LogP contribution in [0, 0.1) is 0 Å². The standard InChI is InChI=1S/C12H12ClN3O/c1-2-12(17)16-11-6-9(13)8-4-3-7(14)5-10(8)15-11/h3-6H,2,14H2,1H3,(H,15,16,17). The molecular weight excluding hydrogens is 238 g/mol. The van der Waals surface area contributed by atoms with Crippen molar-refractivity contribution in [2.75, 3.05) is 11.1 Å². The number of nitrogens with zero attached hydrogens (tertiary/aromatic N) is 1. The average molecular weight is 250 g/mol. The van der Waals surface area contributed by atoms with Gasteiger partial charge in [-0.15, -0.1) is 0 Å². The van der Waals surface area contributed by atoms with Gasteiger partial charge in [0.2, 0.25) is 5.91 Å². The topological polar surface area (TPSA) is 68.0 Å². The van der Waals surface area contributed by atoms with Crippen molar-refractivity contribution in [1.82, 2.24) is 4.98 Å². The van der Waals surface area contributed by atoms with Gasteiger partial charge in [0, 0.05) is 23.6 Å². The lowest BCUT2D eigenvalue weighted by Gasteiger charge is -2.06. The molecule has 0 radical (unpaired) electrons. The second kappa shape index (κ2) is 4.59. The van der Waals surface area contributed by atoms with Gasteiger partial charge in [0.25, 0.3) is 0 Å². The van der Waals surface area contributed by atoms with E-state index in [-0.39, 0.29) is 5.91 Å². The van der Waals surface area contributed by atoms with Crippen LogP contribution in [0.15, 0.2) is 24.3 Å². The summed E-state index contributed by atoms with van der Waals surface area (Å²) in [5, 5.41) is 4.03. The fourth-order valence-corrected chi connectivity index (χ4v) is 1.76. The number of nitrogens with two attached hydrogens (primary N) is 1. The largest absolute Gasteiger partial charge is 0.399 e. The van der Waals surface area contributed by atoms with Crippen LogP contribution < -0.4 is 11.1 Å². The van der Waals surface area contributed by atoms with Crippen molar-refractivity contribution >= 4 is 39.9 Å². The van der Waals surface area contributed by atoms with Crippen molar-refractivity contribution in [2.24, 2.45) is 0 Å². The molecule has 0 aliphatic heterocycles. The number of carbonyl (C=O) groups is 1. The maximum absolute atomic E-state index is 11.3. The van der Waals surface area contributed by atoms with Crippen molar-refractivity contribution in [3.05, 3.63) is 29.3 Å². The Kier molecular flexibility index (Phi) is 3.15. The first-order valence-corrected chi connectivity index (χ1v) is 5.63. The van der Waals surface area contributed by atoms with Gasteiger partial charge < -0.3 is 11.1 Å². The molecule has 2 rings (SSSR count). The zero-order valence-electron chi connectivity index (χ0n) is 9.33. The number of fused-ring (bicyclic) bond motifs is 1. The van der Waals surface area contributed by atoms with E-state index in [1.165, 1.54) is 0 Å². The van der Waals surface area contributed by atoms with E-state index in [1.807, 2.05) is 6.07 Å². The fourth-order valence-electron chi connectivity index (χ4n) is 1.50. The van der Waals surface area contributed by atoms with Gasteiger partial charge in [0.1, 0.15) is 5.82 Å². The quantitative estimate of drug-likeness (QED) is 0.804. The Bertz CT molecular complexity index is 583. The molecule has 1 aromatic carbocycles. The van der Waals surface area contributed by atoms with E-state index in [2.05, 4.69) is 10.3 Å². The number of aromatic nitrogens is 1. The number of hydrogen-bond donors (Lipinski definition) is 2. The summed E-state index contributed by atoms with van der Waals surface area (Å²) in [7, 11) is 0. The van der Waals surface area contributed by atoms with Crippen LogP contribution in [0.4, 0.5) is 11.5 Å². The van der Waals surface area contributed by atoms with E-state index >= 15 is 0 Å². The maximum Gasteiger partial charge on any atom is 0.225 e. The van der Waals surface area contributed by atoms with Crippen molar-refractivity contribution in [1.29, 1.82) is 0 Å². The highest BCUT2D eigenvalue weighted by atomic mass is 35.5. The zero-order valence-corrected chi connectivity index (χ0v) is 10.1. The third-order valence-electron chi connectivity index (χ3n) is 2.37. The van der Waals surface area contributed by atoms with Crippen molar-refractivity contribution in [3.8, 4) is 0 Å². The molecule has 2 aromatic rings. The highest BCUT2D eigenvalue weighted by Gasteiger charge is 2.06. The van der Waals surface area contributed by atoms with Crippen LogP contribution in [-0.2, 0) is 4.79 Å². The monoisotopic (exact) mass is 249 g/mol. The number of benzene rings is 1. The van der Waals surface area contributed by atoms with Gasteiger partial charge in [-0.05, 0) is 18.2 Å². The van der Waals surface area contributed by atoms with Crippen LogP contribution in [0.2, 0.25) is 5.02 Å². The maximum atomic E-state index is 11.3. The van der Waals surface area contributed by atoms with Crippen LogP contribution in [0.25, 0.3) is 10.9 Å². The Morgan fingerprint density at radius 3 is 2.94 bits per heavy atom. The number of hydrogen-bond acceptors (Lipinski definition) is 3. The second-order valence-corrected chi connectivity index (χ2v) is 4.07. The van der Waals surface area contributed by atoms with Crippen LogP contribution in [0.5, 0.6) is 0 Å². The molecular formula is C12H12ClN3O. The number of anilines is 2. The zero-order chi connectivity index (χ0) is 12.4. The van der Waals surface area contributed by atoms with Gasteiger partial charge in [0.15, 0.2) is 0 Å². The summed E-state index contributed by atoms with van der Waals surface area (Å²) in [6.07, 6.45) is 0.397. The summed E-state index contributed by atoms with van der Waals surface area (Å²) in [5.74, 6) is 0.344. The van der Waals surface area contributed by atoms with E-state index in [4.69, 9.17) is 17.3 Å². The average Bonchev–Trinajstić information content (AvgIpc) is 2.28. The Morgan fingerprint density at radius 1 is 1.47 bits per heavy atom. The minimum Gasteiger partial charge on any atom is -0.399 e. The van der Waals surface area contributed by atoms with Crippen LogP contribution in [0.1, 0.15) is 13.3 Å². The summed E-state index contributed by atoms with van der Waals surface area (Å²) in [6.45, 7) is 1.77. The first-order valence-electron chi connectivity index (χ1n) is 5.26. The molecule has 1 aromatic heterocycles. The summed E-state index contributed by atoms with van der Waals surface area (Å²) in [5.41, 5.74) is 6.96. The number of amides is 1.